The highest BCUT2D eigenvalue weighted by Crippen LogP contribution is 2.37. The number of nitrogens with one attached hydrogen (secondary N) is 1. The Kier molecular flexibility index (Phi) is 7.89. The van der Waals surface area contributed by atoms with Gasteiger partial charge in [-0.2, -0.15) is 4.98 Å². The molecule has 0 radical (unpaired) electrons. The van der Waals surface area contributed by atoms with Gasteiger partial charge in [0.15, 0.2) is 0 Å². The topological polar surface area (TPSA) is 69.5 Å². The number of likely N-dealkylation sites (N-methyl/N-ethyl adjacent to an activating group) is 1. The number of piperazine rings is 1. The molecule has 1 atom stereocenters. The van der Waals surface area contributed by atoms with Crippen molar-refractivity contribution in [1.29, 1.82) is 0 Å². The summed E-state index contributed by atoms with van der Waals surface area (Å²) in [6, 6.07) is 9.69. The minimum Gasteiger partial charge on any atom is -0.393 e. The quantitative estimate of drug-likeness (QED) is 0.467. The molecule has 7 heteroatoms. The molecule has 5 rings (SSSR count). The summed E-state index contributed by atoms with van der Waals surface area (Å²) in [6.45, 7) is 9.88. The Labute approximate surface area is 215 Å². The number of aliphatic hydroxyl groups is 1. The van der Waals surface area contributed by atoms with E-state index < -0.39 is 0 Å². The van der Waals surface area contributed by atoms with Gasteiger partial charge in [-0.05, 0) is 63.3 Å². The molecule has 7 nitrogen and oxygen atoms in total. The first-order chi connectivity index (χ1) is 17.5. The number of hydrogen-bond acceptors (Lipinski definition) is 6. The number of anilines is 1. The average molecular weight is 491 g/mol. The maximum absolute atomic E-state index is 10.1. The third kappa shape index (κ3) is 5.74. The van der Waals surface area contributed by atoms with Crippen LogP contribution in [0.1, 0.15) is 64.0 Å². The summed E-state index contributed by atoms with van der Waals surface area (Å²) in [6.07, 6.45) is 10.00. The van der Waals surface area contributed by atoms with Gasteiger partial charge < -0.3 is 19.9 Å². The molecule has 0 amide bonds. The van der Waals surface area contributed by atoms with E-state index in [2.05, 4.69) is 71.0 Å². The summed E-state index contributed by atoms with van der Waals surface area (Å²) < 4.78 is 2.36. The maximum Gasteiger partial charge on any atom is 0.224 e. The lowest BCUT2D eigenvalue weighted by atomic mass is 9.93. The van der Waals surface area contributed by atoms with Crippen molar-refractivity contribution in [1.82, 2.24) is 24.3 Å². The van der Waals surface area contributed by atoms with Crippen molar-refractivity contribution in [2.75, 3.05) is 38.5 Å². The lowest BCUT2D eigenvalue weighted by molar-refractivity contribution is 0.111. The van der Waals surface area contributed by atoms with Crippen molar-refractivity contribution < 1.29 is 5.11 Å². The molecular formula is C29H42N6O. The molecule has 0 bridgehead atoms. The fourth-order valence-electron chi connectivity index (χ4n) is 5.77. The van der Waals surface area contributed by atoms with Crippen molar-refractivity contribution in [2.45, 2.75) is 77.1 Å². The zero-order valence-electron chi connectivity index (χ0n) is 22.2. The van der Waals surface area contributed by atoms with Gasteiger partial charge in [0.05, 0.1) is 6.10 Å². The number of hydrogen-bond donors (Lipinski definition) is 2. The van der Waals surface area contributed by atoms with E-state index in [-0.39, 0.29) is 6.10 Å². The first-order valence-corrected chi connectivity index (χ1v) is 13.8. The van der Waals surface area contributed by atoms with Crippen LogP contribution >= 0.6 is 0 Å². The SMILES string of the molecule is CCCC(C)Nc1ncc2c(-c3cccc(CN4CCN(C)CC4)c3)cn(C3CCC(O)CC3)c2n1. The number of fused-ring (bicyclic) bond motifs is 1. The molecule has 0 spiro atoms. The molecule has 3 heterocycles. The van der Waals surface area contributed by atoms with Crippen LogP contribution in [0.5, 0.6) is 0 Å². The Bertz CT molecular complexity index is 1140. The normalized spacial score (nSPS) is 22.7. The maximum atomic E-state index is 10.1. The van der Waals surface area contributed by atoms with Gasteiger partial charge in [-0.25, -0.2) is 4.98 Å². The summed E-state index contributed by atoms with van der Waals surface area (Å²) in [5.41, 5.74) is 4.78. The van der Waals surface area contributed by atoms with E-state index in [9.17, 15) is 5.11 Å². The Hall–Kier alpha value is -2.48. The monoisotopic (exact) mass is 490 g/mol. The summed E-state index contributed by atoms with van der Waals surface area (Å²) in [5, 5.41) is 14.7. The highest BCUT2D eigenvalue weighted by molar-refractivity contribution is 5.94. The second kappa shape index (κ2) is 11.3. The lowest BCUT2D eigenvalue weighted by Gasteiger charge is -2.32. The second-order valence-electron chi connectivity index (χ2n) is 11.0. The Balaban J connectivity index is 1.47. The highest BCUT2D eigenvalue weighted by atomic mass is 16.3. The molecule has 1 saturated heterocycles. The van der Waals surface area contributed by atoms with E-state index in [0.717, 1.165) is 82.3 Å². The van der Waals surface area contributed by atoms with E-state index in [0.29, 0.717) is 18.0 Å². The van der Waals surface area contributed by atoms with Gasteiger partial charge >= 0.3 is 0 Å². The van der Waals surface area contributed by atoms with Gasteiger partial charge in [-0.15, -0.1) is 0 Å². The summed E-state index contributed by atoms with van der Waals surface area (Å²) in [5.74, 6) is 0.703. The third-order valence-electron chi connectivity index (χ3n) is 7.97. The summed E-state index contributed by atoms with van der Waals surface area (Å²) in [7, 11) is 2.20. The molecule has 194 valence electrons. The minimum atomic E-state index is -0.171. The fraction of sp³-hybridized carbons (Fsp3) is 0.586. The first-order valence-electron chi connectivity index (χ1n) is 13.8. The Morgan fingerprint density at radius 3 is 2.64 bits per heavy atom. The van der Waals surface area contributed by atoms with Crippen LogP contribution in [0.3, 0.4) is 0 Å². The van der Waals surface area contributed by atoms with Crippen LogP contribution in [-0.4, -0.2) is 74.8 Å². The first kappa shape index (κ1) is 25.2. The largest absolute Gasteiger partial charge is 0.393 e. The van der Waals surface area contributed by atoms with Crippen LogP contribution in [0.25, 0.3) is 22.2 Å². The van der Waals surface area contributed by atoms with Crippen LogP contribution in [0.2, 0.25) is 0 Å². The smallest absolute Gasteiger partial charge is 0.224 e. The van der Waals surface area contributed by atoms with Crippen LogP contribution in [0.15, 0.2) is 36.7 Å². The molecule has 36 heavy (non-hydrogen) atoms. The summed E-state index contributed by atoms with van der Waals surface area (Å²) in [4.78, 5) is 14.7. The van der Waals surface area contributed by atoms with Crippen molar-refractivity contribution in [3.63, 3.8) is 0 Å². The van der Waals surface area contributed by atoms with E-state index in [1.807, 2.05) is 6.20 Å². The van der Waals surface area contributed by atoms with Gasteiger partial charge in [0.25, 0.3) is 0 Å². The molecule has 1 unspecified atom stereocenters. The van der Waals surface area contributed by atoms with Crippen molar-refractivity contribution in [3.8, 4) is 11.1 Å². The summed E-state index contributed by atoms with van der Waals surface area (Å²) >= 11 is 0. The zero-order chi connectivity index (χ0) is 25.1. The standard InChI is InChI=1S/C29H42N6O/c1-4-6-21(2)31-29-30-18-26-27(20-35(28(26)32-29)24-9-11-25(36)12-10-24)23-8-5-7-22(17-23)19-34-15-13-33(3)14-16-34/h5,7-8,17-18,20-21,24-25,36H,4,6,9-16,19H2,1-3H3,(H,30,31,32). The van der Waals surface area contributed by atoms with Crippen LogP contribution in [0.4, 0.5) is 5.95 Å². The molecule has 2 N–H and O–H groups in total. The van der Waals surface area contributed by atoms with Gasteiger partial charge in [0.2, 0.25) is 5.95 Å². The number of nitrogens with zero attached hydrogens (tertiary/aromatic N) is 5. The molecule has 1 aliphatic heterocycles. The molecule has 1 aliphatic carbocycles. The fourth-order valence-corrected chi connectivity index (χ4v) is 5.77. The van der Waals surface area contributed by atoms with Crippen LogP contribution in [-0.2, 0) is 6.54 Å². The second-order valence-corrected chi connectivity index (χ2v) is 11.0. The van der Waals surface area contributed by atoms with Crippen molar-refractivity contribution >= 4 is 17.0 Å². The van der Waals surface area contributed by atoms with E-state index in [1.54, 1.807) is 0 Å². The molecule has 2 aromatic heterocycles. The van der Waals surface area contributed by atoms with Gasteiger partial charge in [-0.1, -0.05) is 31.5 Å². The van der Waals surface area contributed by atoms with E-state index >= 15 is 0 Å². The number of benzene rings is 1. The Morgan fingerprint density at radius 1 is 1.11 bits per heavy atom. The lowest BCUT2D eigenvalue weighted by Crippen LogP contribution is -2.43. The molecular weight excluding hydrogens is 448 g/mol. The molecule has 2 aliphatic rings. The number of aliphatic hydroxyl groups excluding tert-OH is 1. The number of rotatable bonds is 8. The minimum absolute atomic E-state index is 0.171. The van der Waals surface area contributed by atoms with Gasteiger partial charge in [0.1, 0.15) is 5.65 Å². The predicted octanol–water partition coefficient (Wildman–Crippen LogP) is 4.92. The van der Waals surface area contributed by atoms with Crippen LogP contribution in [0, 0.1) is 0 Å². The molecule has 1 aromatic carbocycles. The third-order valence-corrected chi connectivity index (χ3v) is 7.97. The zero-order valence-corrected chi connectivity index (χ0v) is 22.2. The van der Waals surface area contributed by atoms with E-state index in [1.165, 1.54) is 16.7 Å². The van der Waals surface area contributed by atoms with Gasteiger partial charge in [0, 0.05) is 68.2 Å². The van der Waals surface area contributed by atoms with E-state index in [4.69, 9.17) is 9.97 Å². The molecule has 1 saturated carbocycles. The predicted molar refractivity (Wildman–Crippen MR) is 147 cm³/mol. The van der Waals surface area contributed by atoms with Crippen LogP contribution < -0.4 is 5.32 Å². The van der Waals surface area contributed by atoms with Crippen molar-refractivity contribution in [2.24, 2.45) is 0 Å². The van der Waals surface area contributed by atoms with Gasteiger partial charge in [-0.3, -0.25) is 4.90 Å². The molecule has 3 aromatic rings. The number of aromatic nitrogens is 3. The highest BCUT2D eigenvalue weighted by Gasteiger charge is 2.24. The Morgan fingerprint density at radius 2 is 1.89 bits per heavy atom. The van der Waals surface area contributed by atoms with Crippen molar-refractivity contribution in [3.05, 3.63) is 42.2 Å². The average Bonchev–Trinajstić information content (AvgIpc) is 3.25. The molecule has 2 fully saturated rings.